The SMILES string of the molecule is O=S1(=O)CCC(NCc2cncs2)c2cc(F)ccc21. The molecule has 1 aliphatic rings. The number of sulfone groups is 1. The van der Waals surface area contributed by atoms with Crippen LogP contribution in [-0.2, 0) is 16.4 Å². The number of hydrogen-bond donors (Lipinski definition) is 1. The van der Waals surface area contributed by atoms with E-state index in [2.05, 4.69) is 10.3 Å². The summed E-state index contributed by atoms with van der Waals surface area (Å²) in [5.41, 5.74) is 2.27. The van der Waals surface area contributed by atoms with Gasteiger partial charge in [-0.05, 0) is 30.2 Å². The second kappa shape index (κ2) is 5.23. The summed E-state index contributed by atoms with van der Waals surface area (Å²) < 4.78 is 37.4. The van der Waals surface area contributed by atoms with Gasteiger partial charge in [0.1, 0.15) is 5.82 Å². The Labute approximate surface area is 120 Å². The van der Waals surface area contributed by atoms with Gasteiger partial charge in [0.05, 0.1) is 16.2 Å². The van der Waals surface area contributed by atoms with Crippen molar-refractivity contribution in [1.82, 2.24) is 10.3 Å². The average Bonchev–Trinajstić information content (AvgIpc) is 2.90. The number of aromatic nitrogens is 1. The highest BCUT2D eigenvalue weighted by atomic mass is 32.2. The molecule has 3 rings (SSSR count). The van der Waals surface area contributed by atoms with Crippen molar-refractivity contribution in [2.45, 2.75) is 23.9 Å². The van der Waals surface area contributed by atoms with Gasteiger partial charge in [-0.3, -0.25) is 4.98 Å². The van der Waals surface area contributed by atoms with Crippen molar-refractivity contribution < 1.29 is 12.8 Å². The number of benzene rings is 1. The molecule has 1 unspecified atom stereocenters. The topological polar surface area (TPSA) is 59.1 Å². The number of nitrogens with zero attached hydrogens (tertiary/aromatic N) is 1. The molecule has 0 aliphatic carbocycles. The van der Waals surface area contributed by atoms with Gasteiger partial charge in [-0.25, -0.2) is 12.8 Å². The maximum atomic E-state index is 13.4. The molecule has 0 fully saturated rings. The van der Waals surface area contributed by atoms with Gasteiger partial charge < -0.3 is 5.32 Å². The number of hydrogen-bond acceptors (Lipinski definition) is 5. The predicted molar refractivity (Wildman–Crippen MR) is 74.8 cm³/mol. The fourth-order valence-corrected chi connectivity index (χ4v) is 4.53. The maximum Gasteiger partial charge on any atom is 0.178 e. The number of rotatable bonds is 3. The van der Waals surface area contributed by atoms with Gasteiger partial charge in [0.15, 0.2) is 9.84 Å². The molecule has 1 atom stereocenters. The van der Waals surface area contributed by atoms with E-state index in [0.717, 1.165) is 4.88 Å². The van der Waals surface area contributed by atoms with Crippen molar-refractivity contribution in [3.8, 4) is 0 Å². The van der Waals surface area contributed by atoms with E-state index in [4.69, 9.17) is 0 Å². The lowest BCUT2D eigenvalue weighted by Gasteiger charge is -2.26. The van der Waals surface area contributed by atoms with E-state index in [9.17, 15) is 12.8 Å². The van der Waals surface area contributed by atoms with E-state index in [1.54, 1.807) is 11.7 Å². The molecule has 4 nitrogen and oxygen atoms in total. The standard InChI is InChI=1S/C13H13FN2O2S2/c14-9-1-2-13-11(5-9)12(3-4-20(13,17)18)16-7-10-6-15-8-19-10/h1-2,5-6,8,12,16H,3-4,7H2. The Morgan fingerprint density at radius 1 is 1.45 bits per heavy atom. The normalized spacial score (nSPS) is 20.6. The third kappa shape index (κ3) is 2.61. The van der Waals surface area contributed by atoms with E-state index in [1.165, 1.54) is 29.5 Å². The van der Waals surface area contributed by atoms with Crippen LogP contribution < -0.4 is 5.32 Å². The van der Waals surface area contributed by atoms with Crippen LogP contribution in [0.1, 0.15) is 22.9 Å². The van der Waals surface area contributed by atoms with Crippen LogP contribution in [0.5, 0.6) is 0 Å². The van der Waals surface area contributed by atoms with Crippen LogP contribution >= 0.6 is 11.3 Å². The van der Waals surface area contributed by atoms with Crippen molar-refractivity contribution in [1.29, 1.82) is 0 Å². The molecule has 7 heteroatoms. The monoisotopic (exact) mass is 312 g/mol. The highest BCUT2D eigenvalue weighted by Gasteiger charge is 2.30. The molecular weight excluding hydrogens is 299 g/mol. The smallest absolute Gasteiger partial charge is 0.178 e. The summed E-state index contributed by atoms with van der Waals surface area (Å²) in [7, 11) is -3.28. The van der Waals surface area contributed by atoms with Crippen molar-refractivity contribution in [3.05, 3.63) is 46.2 Å². The lowest BCUT2D eigenvalue weighted by molar-refractivity contribution is 0.489. The van der Waals surface area contributed by atoms with E-state index >= 15 is 0 Å². The first-order valence-corrected chi connectivity index (χ1v) is 8.72. The third-order valence-corrected chi connectivity index (χ3v) is 5.96. The minimum absolute atomic E-state index is 0.0893. The second-order valence-electron chi connectivity index (χ2n) is 4.69. The van der Waals surface area contributed by atoms with Gasteiger partial charge in [0.25, 0.3) is 0 Å². The lowest BCUT2D eigenvalue weighted by atomic mass is 10.0. The number of fused-ring (bicyclic) bond motifs is 1. The molecule has 0 saturated heterocycles. The average molecular weight is 312 g/mol. The first kappa shape index (κ1) is 13.7. The second-order valence-corrected chi connectivity index (χ2v) is 7.74. The molecule has 0 saturated carbocycles. The van der Waals surface area contributed by atoms with Crippen LogP contribution in [0.15, 0.2) is 34.8 Å². The summed E-state index contributed by atoms with van der Waals surface area (Å²) >= 11 is 1.53. The zero-order valence-electron chi connectivity index (χ0n) is 10.5. The number of nitrogens with one attached hydrogen (secondary N) is 1. The lowest BCUT2D eigenvalue weighted by Crippen LogP contribution is -2.29. The summed E-state index contributed by atoms with van der Waals surface area (Å²) in [5.74, 6) is -0.322. The zero-order valence-corrected chi connectivity index (χ0v) is 12.2. The van der Waals surface area contributed by atoms with E-state index in [0.29, 0.717) is 18.5 Å². The van der Waals surface area contributed by atoms with Crippen LogP contribution in [0.3, 0.4) is 0 Å². The molecule has 2 heterocycles. The minimum Gasteiger partial charge on any atom is -0.305 e. The minimum atomic E-state index is -3.28. The Kier molecular flexibility index (Phi) is 3.57. The van der Waals surface area contributed by atoms with E-state index in [1.807, 2.05) is 0 Å². The summed E-state index contributed by atoms with van der Waals surface area (Å²) in [6, 6.07) is 3.73. The van der Waals surface area contributed by atoms with Crippen molar-refractivity contribution in [2.75, 3.05) is 5.75 Å². The Morgan fingerprint density at radius 2 is 2.30 bits per heavy atom. The first-order chi connectivity index (χ1) is 9.56. The summed E-state index contributed by atoms with van der Waals surface area (Å²) in [5, 5.41) is 3.28. The Morgan fingerprint density at radius 3 is 3.05 bits per heavy atom. The molecule has 20 heavy (non-hydrogen) atoms. The van der Waals surface area contributed by atoms with Crippen molar-refractivity contribution >= 4 is 21.2 Å². The fraction of sp³-hybridized carbons (Fsp3) is 0.308. The van der Waals surface area contributed by atoms with Crippen molar-refractivity contribution in [3.63, 3.8) is 0 Å². The summed E-state index contributed by atoms with van der Waals surface area (Å²) in [6.07, 6.45) is 2.22. The third-order valence-electron chi connectivity index (χ3n) is 3.36. The molecule has 0 bridgehead atoms. The molecule has 0 spiro atoms. The largest absolute Gasteiger partial charge is 0.305 e. The molecule has 106 valence electrons. The van der Waals surface area contributed by atoms with Crippen LogP contribution in [0, 0.1) is 5.82 Å². The van der Waals surface area contributed by atoms with E-state index in [-0.39, 0.29) is 16.7 Å². The zero-order chi connectivity index (χ0) is 14.2. The Bertz CT molecular complexity index is 714. The van der Waals surface area contributed by atoms with Gasteiger partial charge in [-0.15, -0.1) is 11.3 Å². The highest BCUT2D eigenvalue weighted by molar-refractivity contribution is 7.91. The van der Waals surface area contributed by atoms with Gasteiger partial charge in [-0.2, -0.15) is 0 Å². The van der Waals surface area contributed by atoms with Gasteiger partial charge in [0.2, 0.25) is 0 Å². The predicted octanol–water partition coefficient (Wildman–Crippen LogP) is 2.29. The fourth-order valence-electron chi connectivity index (χ4n) is 2.38. The molecular formula is C13H13FN2O2S2. The number of halogens is 1. The molecule has 1 aromatic heterocycles. The molecule has 1 N–H and O–H groups in total. The molecule has 1 aliphatic heterocycles. The summed E-state index contributed by atoms with van der Waals surface area (Å²) in [4.78, 5) is 5.30. The highest BCUT2D eigenvalue weighted by Crippen LogP contribution is 2.32. The van der Waals surface area contributed by atoms with Gasteiger partial charge >= 0.3 is 0 Å². The van der Waals surface area contributed by atoms with E-state index < -0.39 is 15.7 Å². The molecule has 0 radical (unpaired) electrons. The number of thiazole rings is 1. The molecule has 0 amide bonds. The maximum absolute atomic E-state index is 13.4. The first-order valence-electron chi connectivity index (χ1n) is 6.19. The van der Waals surface area contributed by atoms with Gasteiger partial charge in [0, 0.05) is 23.7 Å². The summed E-state index contributed by atoms with van der Waals surface area (Å²) in [6.45, 7) is 0.603. The van der Waals surface area contributed by atoms with Crippen LogP contribution in [0.4, 0.5) is 4.39 Å². The van der Waals surface area contributed by atoms with Crippen molar-refractivity contribution in [2.24, 2.45) is 0 Å². The van der Waals surface area contributed by atoms with Gasteiger partial charge in [-0.1, -0.05) is 0 Å². The van der Waals surface area contributed by atoms with Crippen LogP contribution in [-0.4, -0.2) is 19.2 Å². The Balaban J connectivity index is 1.89. The van der Waals surface area contributed by atoms with Crippen LogP contribution in [0.25, 0.3) is 0 Å². The quantitative estimate of drug-likeness (QED) is 0.884. The molecule has 2 aromatic rings. The Hall–Kier alpha value is -1.31. The molecule has 1 aromatic carbocycles. The van der Waals surface area contributed by atoms with Crippen LogP contribution in [0.2, 0.25) is 0 Å².